The number of carbonyl (C=O) groups is 1. The number of pyridine rings is 1. The van der Waals surface area contributed by atoms with Gasteiger partial charge >= 0.3 is 0 Å². The molecule has 0 atom stereocenters. The van der Waals surface area contributed by atoms with E-state index in [0.29, 0.717) is 22.6 Å². The van der Waals surface area contributed by atoms with Crippen LogP contribution in [0.2, 0.25) is 0 Å². The molecular weight excluding hydrogens is 471 g/mol. The normalized spacial score (nSPS) is 13.1. The molecule has 6 rings (SSSR count). The molecule has 1 aliphatic rings. The van der Waals surface area contributed by atoms with Crippen molar-refractivity contribution in [1.29, 1.82) is 0 Å². The molecule has 8 nitrogen and oxygen atoms in total. The maximum atomic E-state index is 13.4. The van der Waals surface area contributed by atoms with Gasteiger partial charge in [-0.2, -0.15) is 0 Å². The Bertz CT molecular complexity index is 1720. The van der Waals surface area contributed by atoms with Crippen LogP contribution in [0.25, 0.3) is 33.3 Å². The summed E-state index contributed by atoms with van der Waals surface area (Å²) < 4.78 is 17.2. The first-order valence-corrected chi connectivity index (χ1v) is 11.9. The maximum Gasteiger partial charge on any atom is 0.261 e. The minimum atomic E-state index is -0.501. The third kappa shape index (κ3) is 4.14. The van der Waals surface area contributed by atoms with E-state index in [1.165, 1.54) is 18.5 Å². The van der Waals surface area contributed by atoms with Gasteiger partial charge in [0.2, 0.25) is 5.43 Å². The molecule has 0 unspecified atom stereocenters. The Morgan fingerprint density at radius 1 is 0.973 bits per heavy atom. The minimum absolute atomic E-state index is 0.0387. The Morgan fingerprint density at radius 2 is 1.65 bits per heavy atom. The van der Waals surface area contributed by atoms with E-state index in [-0.39, 0.29) is 17.4 Å². The predicted octanol–water partition coefficient (Wildman–Crippen LogP) is 4.77. The van der Waals surface area contributed by atoms with Gasteiger partial charge in [0.1, 0.15) is 29.2 Å². The number of hydrogen-bond donors (Lipinski definition) is 2. The first-order valence-electron chi connectivity index (χ1n) is 11.9. The topological polar surface area (TPSA) is 108 Å². The SMILES string of the molecule is Cn1cc(-c2ccc(NC(=O)c3cn(C4CC4)cc(-c4ccc(F)cc4)c3=O)cc2)c2c(N)ncnc21. The van der Waals surface area contributed by atoms with Crippen molar-refractivity contribution >= 4 is 28.4 Å². The molecule has 184 valence electrons. The van der Waals surface area contributed by atoms with E-state index in [2.05, 4.69) is 15.3 Å². The molecule has 5 aromatic rings. The lowest BCUT2D eigenvalue weighted by atomic mass is 10.0. The van der Waals surface area contributed by atoms with Crippen LogP contribution in [0, 0.1) is 5.82 Å². The molecule has 1 saturated carbocycles. The highest BCUT2D eigenvalue weighted by atomic mass is 19.1. The molecular formula is C28H23FN6O2. The first kappa shape index (κ1) is 22.7. The van der Waals surface area contributed by atoms with Gasteiger partial charge in [0, 0.05) is 48.5 Å². The van der Waals surface area contributed by atoms with Crippen molar-refractivity contribution in [2.75, 3.05) is 11.1 Å². The van der Waals surface area contributed by atoms with Crippen LogP contribution in [-0.4, -0.2) is 25.0 Å². The molecule has 9 heteroatoms. The van der Waals surface area contributed by atoms with Crippen LogP contribution in [-0.2, 0) is 7.05 Å². The predicted molar refractivity (Wildman–Crippen MR) is 141 cm³/mol. The van der Waals surface area contributed by atoms with E-state index < -0.39 is 11.3 Å². The Labute approximate surface area is 211 Å². The average molecular weight is 495 g/mol. The van der Waals surface area contributed by atoms with Gasteiger partial charge < -0.3 is 20.2 Å². The Hall–Kier alpha value is -4.79. The fraction of sp³-hybridized carbons (Fsp3) is 0.143. The Balaban J connectivity index is 1.31. The zero-order valence-corrected chi connectivity index (χ0v) is 20.0. The monoisotopic (exact) mass is 494 g/mol. The zero-order chi connectivity index (χ0) is 25.7. The van der Waals surface area contributed by atoms with Gasteiger partial charge in [-0.3, -0.25) is 9.59 Å². The maximum absolute atomic E-state index is 13.4. The van der Waals surface area contributed by atoms with Gasteiger partial charge in [-0.05, 0) is 48.2 Å². The number of aryl methyl sites for hydroxylation is 1. The highest BCUT2D eigenvalue weighted by molar-refractivity contribution is 6.05. The van der Waals surface area contributed by atoms with Crippen molar-refractivity contribution in [2.24, 2.45) is 7.05 Å². The second-order valence-corrected chi connectivity index (χ2v) is 9.24. The van der Waals surface area contributed by atoms with E-state index in [1.54, 1.807) is 36.7 Å². The summed E-state index contributed by atoms with van der Waals surface area (Å²) in [6.07, 6.45) is 8.69. The molecule has 3 heterocycles. The number of halogens is 1. The second kappa shape index (κ2) is 8.70. The number of hydrogen-bond acceptors (Lipinski definition) is 5. The Morgan fingerprint density at radius 3 is 2.35 bits per heavy atom. The second-order valence-electron chi connectivity index (χ2n) is 9.24. The summed E-state index contributed by atoms with van der Waals surface area (Å²) in [6, 6.07) is 13.2. The summed E-state index contributed by atoms with van der Waals surface area (Å²) in [6.45, 7) is 0. The highest BCUT2D eigenvalue weighted by Crippen LogP contribution is 2.36. The molecule has 1 aliphatic carbocycles. The molecule has 3 aromatic heterocycles. The smallest absolute Gasteiger partial charge is 0.261 e. The number of benzene rings is 2. The van der Waals surface area contributed by atoms with Crippen LogP contribution in [0.3, 0.4) is 0 Å². The number of aromatic nitrogens is 4. The lowest BCUT2D eigenvalue weighted by Crippen LogP contribution is -2.24. The molecule has 2 aromatic carbocycles. The van der Waals surface area contributed by atoms with Crippen molar-refractivity contribution in [3.05, 3.63) is 95.1 Å². The van der Waals surface area contributed by atoms with Crippen LogP contribution in [0.4, 0.5) is 15.9 Å². The zero-order valence-electron chi connectivity index (χ0n) is 20.0. The van der Waals surface area contributed by atoms with Gasteiger partial charge in [-0.15, -0.1) is 0 Å². The van der Waals surface area contributed by atoms with Crippen LogP contribution in [0.5, 0.6) is 0 Å². The van der Waals surface area contributed by atoms with Gasteiger partial charge in [0.25, 0.3) is 5.91 Å². The standard InChI is InChI=1S/C28H23FN6O2/c1-34-12-21(24-26(30)31-15-32-27(24)34)16-4-8-19(9-5-16)33-28(37)23-14-35(20-10-11-20)13-22(25(23)36)17-2-6-18(29)7-3-17/h2-9,12-15,20H,10-11H2,1H3,(H,33,37)(H2,30,31,32). The summed E-state index contributed by atoms with van der Waals surface area (Å²) >= 11 is 0. The van der Waals surface area contributed by atoms with Gasteiger partial charge in [0.05, 0.1) is 5.39 Å². The number of nitrogen functional groups attached to an aromatic ring is 1. The van der Waals surface area contributed by atoms with Gasteiger partial charge in [-0.25, -0.2) is 14.4 Å². The lowest BCUT2D eigenvalue weighted by Gasteiger charge is -2.12. The summed E-state index contributed by atoms with van der Waals surface area (Å²) in [5.41, 5.74) is 9.73. The van der Waals surface area contributed by atoms with Crippen molar-refractivity contribution in [3.8, 4) is 22.3 Å². The summed E-state index contributed by atoms with van der Waals surface area (Å²) in [5.74, 6) is -0.493. The lowest BCUT2D eigenvalue weighted by molar-refractivity contribution is 0.102. The third-order valence-electron chi connectivity index (χ3n) is 6.65. The van der Waals surface area contributed by atoms with Crippen LogP contribution < -0.4 is 16.5 Å². The average Bonchev–Trinajstić information content (AvgIpc) is 3.69. The fourth-order valence-electron chi connectivity index (χ4n) is 4.56. The van der Waals surface area contributed by atoms with Gasteiger partial charge in [0.15, 0.2) is 0 Å². The number of amides is 1. The van der Waals surface area contributed by atoms with E-state index in [0.717, 1.165) is 35.0 Å². The molecule has 0 saturated heterocycles. The number of nitrogens with two attached hydrogens (primary N) is 1. The molecule has 37 heavy (non-hydrogen) atoms. The van der Waals surface area contributed by atoms with Gasteiger partial charge in [-0.1, -0.05) is 24.3 Å². The quantitative estimate of drug-likeness (QED) is 0.366. The molecule has 0 aliphatic heterocycles. The van der Waals surface area contributed by atoms with E-state index in [1.807, 2.05) is 34.5 Å². The molecule has 0 spiro atoms. The minimum Gasteiger partial charge on any atom is -0.383 e. The number of nitrogens with one attached hydrogen (secondary N) is 1. The van der Waals surface area contributed by atoms with Crippen LogP contribution >= 0.6 is 0 Å². The van der Waals surface area contributed by atoms with Crippen LogP contribution in [0.1, 0.15) is 29.2 Å². The van der Waals surface area contributed by atoms with Crippen molar-refractivity contribution in [3.63, 3.8) is 0 Å². The third-order valence-corrected chi connectivity index (χ3v) is 6.65. The highest BCUT2D eigenvalue weighted by Gasteiger charge is 2.26. The van der Waals surface area contributed by atoms with Crippen LogP contribution in [0.15, 0.2) is 78.2 Å². The van der Waals surface area contributed by atoms with Crippen molar-refractivity contribution in [1.82, 2.24) is 19.1 Å². The van der Waals surface area contributed by atoms with E-state index >= 15 is 0 Å². The molecule has 1 amide bonds. The first-order chi connectivity index (χ1) is 17.9. The van der Waals surface area contributed by atoms with Crippen molar-refractivity contribution < 1.29 is 9.18 Å². The fourth-order valence-corrected chi connectivity index (χ4v) is 4.56. The van der Waals surface area contributed by atoms with Crippen molar-refractivity contribution in [2.45, 2.75) is 18.9 Å². The molecule has 3 N–H and O–H groups in total. The number of rotatable bonds is 5. The number of fused-ring (bicyclic) bond motifs is 1. The number of anilines is 2. The molecule has 1 fully saturated rings. The van der Waals surface area contributed by atoms with E-state index in [4.69, 9.17) is 5.73 Å². The molecule has 0 radical (unpaired) electrons. The number of carbonyl (C=O) groups excluding carboxylic acids is 1. The van der Waals surface area contributed by atoms with E-state index in [9.17, 15) is 14.0 Å². The summed E-state index contributed by atoms with van der Waals surface area (Å²) in [7, 11) is 1.89. The summed E-state index contributed by atoms with van der Waals surface area (Å²) in [4.78, 5) is 34.9. The summed E-state index contributed by atoms with van der Waals surface area (Å²) in [5, 5.41) is 3.60. The largest absolute Gasteiger partial charge is 0.383 e. The Kier molecular flexibility index (Phi) is 5.33. The number of nitrogens with zero attached hydrogens (tertiary/aromatic N) is 4. The molecule has 0 bridgehead atoms.